The summed E-state index contributed by atoms with van der Waals surface area (Å²) in [6.07, 6.45) is 5.34. The summed E-state index contributed by atoms with van der Waals surface area (Å²) in [6, 6.07) is 22.9. The second-order valence-electron chi connectivity index (χ2n) is 10.5. The van der Waals surface area contributed by atoms with Gasteiger partial charge in [-0.05, 0) is 46.9 Å². The molecule has 1 heterocycles. The SMILES string of the molecule is CCCCCCCOC(=O)c1cccc(N2C(=O)[C@@H]3C4c5ccccc5C(Br)(c5ccccc54)[C@@H]3C2=O)c1. The lowest BCUT2D eigenvalue weighted by Gasteiger charge is -2.51. The van der Waals surface area contributed by atoms with Gasteiger partial charge in [-0.2, -0.15) is 0 Å². The van der Waals surface area contributed by atoms with E-state index in [9.17, 15) is 14.4 Å². The monoisotopic (exact) mass is 571 g/mol. The Balaban J connectivity index is 1.31. The first kappa shape index (κ1) is 25.1. The van der Waals surface area contributed by atoms with Crippen LogP contribution >= 0.6 is 15.9 Å². The number of imide groups is 1. The molecule has 2 bridgehead atoms. The van der Waals surface area contributed by atoms with E-state index >= 15 is 0 Å². The van der Waals surface area contributed by atoms with Gasteiger partial charge in [-0.1, -0.05) is 103 Å². The molecule has 2 amide bonds. The van der Waals surface area contributed by atoms with E-state index < -0.39 is 22.1 Å². The molecule has 3 aromatic rings. The van der Waals surface area contributed by atoms with E-state index in [0.29, 0.717) is 17.9 Å². The zero-order valence-electron chi connectivity index (χ0n) is 21.4. The first-order chi connectivity index (χ1) is 18.5. The quantitative estimate of drug-likeness (QED) is 0.130. The molecule has 0 saturated carbocycles. The van der Waals surface area contributed by atoms with E-state index in [1.54, 1.807) is 24.3 Å². The van der Waals surface area contributed by atoms with Gasteiger partial charge >= 0.3 is 5.97 Å². The van der Waals surface area contributed by atoms with Crippen molar-refractivity contribution in [3.8, 4) is 0 Å². The molecular formula is C32H30BrNO4. The second-order valence-corrected chi connectivity index (χ2v) is 11.7. The number of nitrogens with zero attached hydrogens (tertiary/aromatic N) is 1. The fraction of sp³-hybridized carbons (Fsp3) is 0.344. The molecule has 2 atom stereocenters. The number of benzene rings is 3. The molecule has 0 N–H and O–H groups in total. The van der Waals surface area contributed by atoms with Gasteiger partial charge in [-0.15, -0.1) is 0 Å². The molecule has 5 nitrogen and oxygen atoms in total. The van der Waals surface area contributed by atoms with E-state index in [1.165, 1.54) is 11.3 Å². The number of amides is 2. The summed E-state index contributed by atoms with van der Waals surface area (Å²) < 4.78 is 4.69. The third kappa shape index (κ3) is 3.68. The number of carbonyl (C=O) groups excluding carboxylic acids is 3. The largest absolute Gasteiger partial charge is 0.462 e. The molecule has 3 aliphatic carbocycles. The minimum Gasteiger partial charge on any atom is -0.462 e. The Hall–Kier alpha value is -3.25. The molecule has 0 spiro atoms. The molecule has 1 saturated heterocycles. The van der Waals surface area contributed by atoms with Crippen LogP contribution in [0.1, 0.15) is 77.6 Å². The minimum atomic E-state index is -0.796. The van der Waals surface area contributed by atoms with Crippen LogP contribution in [-0.2, 0) is 18.7 Å². The van der Waals surface area contributed by atoms with Crippen molar-refractivity contribution >= 4 is 39.4 Å². The number of alkyl halides is 1. The van der Waals surface area contributed by atoms with Gasteiger partial charge < -0.3 is 4.74 Å². The predicted molar refractivity (Wildman–Crippen MR) is 149 cm³/mol. The fourth-order valence-electron chi connectivity index (χ4n) is 6.66. The number of rotatable bonds is 8. The van der Waals surface area contributed by atoms with Gasteiger partial charge in [0, 0.05) is 5.92 Å². The van der Waals surface area contributed by atoms with E-state index in [4.69, 9.17) is 4.74 Å². The van der Waals surface area contributed by atoms with Crippen LogP contribution < -0.4 is 4.90 Å². The van der Waals surface area contributed by atoms with Gasteiger partial charge in [-0.3, -0.25) is 9.59 Å². The van der Waals surface area contributed by atoms with Crippen LogP contribution in [0.25, 0.3) is 0 Å². The average Bonchev–Trinajstić information content (AvgIpc) is 3.22. The van der Waals surface area contributed by atoms with Crippen LogP contribution in [-0.4, -0.2) is 24.4 Å². The first-order valence-electron chi connectivity index (χ1n) is 13.5. The summed E-state index contributed by atoms with van der Waals surface area (Å²) in [6.45, 7) is 2.53. The normalized spacial score (nSPS) is 24.7. The highest BCUT2D eigenvalue weighted by molar-refractivity contribution is 9.09. The minimum absolute atomic E-state index is 0.200. The van der Waals surface area contributed by atoms with Crippen LogP contribution in [0.3, 0.4) is 0 Å². The third-order valence-electron chi connectivity index (χ3n) is 8.34. The molecule has 0 aromatic heterocycles. The summed E-state index contributed by atoms with van der Waals surface area (Å²) in [4.78, 5) is 42.2. The summed E-state index contributed by atoms with van der Waals surface area (Å²) in [5.41, 5.74) is 5.02. The third-order valence-corrected chi connectivity index (χ3v) is 9.68. The Kier molecular flexibility index (Phi) is 6.47. The first-order valence-corrected chi connectivity index (χ1v) is 14.3. The van der Waals surface area contributed by atoms with Gasteiger partial charge in [0.2, 0.25) is 11.8 Å². The van der Waals surface area contributed by atoms with Crippen LogP contribution in [0.15, 0.2) is 72.8 Å². The molecule has 1 aliphatic heterocycles. The molecule has 6 heteroatoms. The van der Waals surface area contributed by atoms with Gasteiger partial charge in [0.1, 0.15) is 0 Å². The Morgan fingerprint density at radius 3 is 2.21 bits per heavy atom. The Morgan fingerprint density at radius 1 is 0.868 bits per heavy atom. The lowest BCUT2D eigenvalue weighted by molar-refractivity contribution is -0.122. The maximum atomic E-state index is 14.1. The van der Waals surface area contributed by atoms with Gasteiger partial charge in [0.25, 0.3) is 0 Å². The Morgan fingerprint density at radius 2 is 1.53 bits per heavy atom. The van der Waals surface area contributed by atoms with E-state index in [0.717, 1.165) is 47.9 Å². The van der Waals surface area contributed by atoms with E-state index in [-0.39, 0.29) is 17.7 Å². The summed E-state index contributed by atoms with van der Waals surface area (Å²) >= 11 is 4.02. The molecule has 0 unspecified atom stereocenters. The fourth-order valence-corrected chi connectivity index (χ4v) is 7.86. The summed E-state index contributed by atoms with van der Waals surface area (Å²) in [7, 11) is 0. The van der Waals surface area contributed by atoms with Crippen molar-refractivity contribution in [2.24, 2.45) is 11.8 Å². The van der Waals surface area contributed by atoms with Crippen molar-refractivity contribution in [1.29, 1.82) is 0 Å². The van der Waals surface area contributed by atoms with Crippen molar-refractivity contribution in [3.05, 3.63) is 101 Å². The molecule has 3 aromatic carbocycles. The van der Waals surface area contributed by atoms with Gasteiger partial charge in [0.15, 0.2) is 0 Å². The molecule has 7 rings (SSSR count). The topological polar surface area (TPSA) is 63.7 Å². The summed E-state index contributed by atoms with van der Waals surface area (Å²) in [5, 5.41) is 0. The van der Waals surface area contributed by atoms with Crippen LogP contribution in [0.4, 0.5) is 5.69 Å². The zero-order valence-corrected chi connectivity index (χ0v) is 22.9. The smallest absolute Gasteiger partial charge is 0.338 e. The number of carbonyl (C=O) groups is 3. The highest BCUT2D eigenvalue weighted by Gasteiger charge is 2.67. The molecule has 0 radical (unpaired) electrons. The van der Waals surface area contributed by atoms with E-state index in [2.05, 4.69) is 47.1 Å². The highest BCUT2D eigenvalue weighted by Crippen LogP contribution is 2.66. The van der Waals surface area contributed by atoms with Crippen molar-refractivity contribution in [2.75, 3.05) is 11.5 Å². The van der Waals surface area contributed by atoms with Crippen molar-refractivity contribution in [2.45, 2.75) is 49.3 Å². The molecule has 38 heavy (non-hydrogen) atoms. The molecule has 4 aliphatic rings. The average molecular weight is 572 g/mol. The number of anilines is 1. The number of hydrogen-bond donors (Lipinski definition) is 0. The number of ether oxygens (including phenoxy) is 1. The second kappa shape index (κ2) is 9.81. The van der Waals surface area contributed by atoms with Gasteiger partial charge in [0.05, 0.1) is 34.0 Å². The van der Waals surface area contributed by atoms with Crippen LogP contribution in [0.2, 0.25) is 0 Å². The lowest BCUT2D eigenvalue weighted by Crippen LogP contribution is -2.50. The van der Waals surface area contributed by atoms with E-state index in [1.807, 2.05) is 24.3 Å². The number of unbranched alkanes of at least 4 members (excludes halogenated alkanes) is 4. The Labute approximate surface area is 231 Å². The lowest BCUT2D eigenvalue weighted by atomic mass is 9.55. The summed E-state index contributed by atoms with van der Waals surface area (Å²) in [5.74, 6) is -2.20. The number of halogens is 1. The van der Waals surface area contributed by atoms with Crippen molar-refractivity contribution < 1.29 is 19.1 Å². The molecular weight excluding hydrogens is 542 g/mol. The van der Waals surface area contributed by atoms with Crippen molar-refractivity contribution in [3.63, 3.8) is 0 Å². The maximum Gasteiger partial charge on any atom is 0.338 e. The number of esters is 1. The number of hydrogen-bond acceptors (Lipinski definition) is 4. The van der Waals surface area contributed by atoms with Crippen LogP contribution in [0.5, 0.6) is 0 Å². The molecule has 1 fully saturated rings. The zero-order chi connectivity index (χ0) is 26.4. The molecule has 194 valence electrons. The van der Waals surface area contributed by atoms with Crippen molar-refractivity contribution in [1.82, 2.24) is 0 Å². The standard InChI is InChI=1S/C32H30BrNO4/c1-2-3-4-5-10-18-38-31(37)20-12-11-13-21(19-20)34-29(35)27-26-22-14-6-8-16-24(22)32(33,28(27)30(34)36)25-17-9-7-15-23(25)26/h6-9,11-17,19,26-28H,2-5,10,18H2,1H3/t26?,27-,28+,32?/m1/s1. The maximum absolute atomic E-state index is 14.1. The van der Waals surface area contributed by atoms with Gasteiger partial charge in [-0.25, -0.2) is 9.69 Å². The Bertz CT molecular complexity index is 1380. The highest BCUT2D eigenvalue weighted by atomic mass is 79.9. The predicted octanol–water partition coefficient (Wildman–Crippen LogP) is 6.72. The van der Waals surface area contributed by atoms with Crippen LogP contribution in [0, 0.1) is 11.8 Å².